The lowest BCUT2D eigenvalue weighted by Gasteiger charge is -2.54. The number of carbonyl (C=O) groups is 2. The Morgan fingerprint density at radius 1 is 1.13 bits per heavy atom. The van der Waals surface area contributed by atoms with E-state index in [9.17, 15) is 23.8 Å². The Hall–Kier alpha value is -2.67. The summed E-state index contributed by atoms with van der Waals surface area (Å²) in [6, 6.07) is 10.5. The van der Waals surface area contributed by atoms with Crippen LogP contribution in [0.1, 0.15) is 67.9 Å². The number of ketones is 1. The molecule has 1 amide bonds. The van der Waals surface area contributed by atoms with Crippen LogP contribution in [-0.4, -0.2) is 47.1 Å². The molecule has 2 aromatic carbocycles. The maximum atomic E-state index is 15.7. The van der Waals surface area contributed by atoms with Crippen molar-refractivity contribution in [1.82, 2.24) is 9.79 Å². The summed E-state index contributed by atoms with van der Waals surface area (Å²) in [5.74, 6) is -3.58. The van der Waals surface area contributed by atoms with Gasteiger partial charge >= 0.3 is 0 Å². The van der Waals surface area contributed by atoms with E-state index in [0.717, 1.165) is 17.7 Å². The van der Waals surface area contributed by atoms with Crippen molar-refractivity contribution in [2.24, 2.45) is 0 Å². The number of halogens is 2. The largest absolute Gasteiger partial charge is 0.385 e. The smallest absolute Gasteiger partial charge is 0.250 e. The number of rotatable bonds is 8. The molecule has 0 aromatic heterocycles. The highest BCUT2D eigenvalue weighted by atomic mass is 32.3. The molecule has 1 aliphatic heterocycles. The molecule has 0 spiro atoms. The molecule has 5 N–H and O–H groups in total. The molecule has 0 unspecified atom stereocenters. The predicted molar refractivity (Wildman–Crippen MR) is 143 cm³/mol. The zero-order chi connectivity index (χ0) is 28.8. The van der Waals surface area contributed by atoms with Crippen LogP contribution in [0.4, 0.5) is 8.78 Å². The van der Waals surface area contributed by atoms with Crippen molar-refractivity contribution in [3.63, 3.8) is 0 Å². The van der Waals surface area contributed by atoms with Gasteiger partial charge in [-0.25, -0.2) is 14.3 Å². The fraction of sp³-hybridized carbons (Fsp3) is 0.429. The summed E-state index contributed by atoms with van der Waals surface area (Å²) >= 11 is 0. The first-order chi connectivity index (χ1) is 18.2. The van der Waals surface area contributed by atoms with Crippen LogP contribution < -0.4 is 5.48 Å². The van der Waals surface area contributed by atoms with Crippen molar-refractivity contribution in [3.05, 3.63) is 82.9 Å². The number of Topliss-reactive ketones (excluding diaryl/α,β-unsaturated/α-hetero) is 1. The Balaban J connectivity index is 1.67. The average molecular weight is 565 g/mol. The van der Waals surface area contributed by atoms with E-state index >= 15 is 8.78 Å². The fourth-order valence-electron chi connectivity index (χ4n) is 5.78. The van der Waals surface area contributed by atoms with Crippen molar-refractivity contribution in [1.29, 1.82) is 0 Å². The number of aliphatic hydroxyl groups is 1. The van der Waals surface area contributed by atoms with Crippen LogP contribution in [0.25, 0.3) is 0 Å². The van der Waals surface area contributed by atoms with E-state index in [2.05, 4.69) is 6.58 Å². The van der Waals surface area contributed by atoms with Crippen LogP contribution >= 0.6 is 10.8 Å². The number of hydrogen-bond donors (Lipinski definition) is 5. The van der Waals surface area contributed by atoms with Gasteiger partial charge < -0.3 is 5.11 Å². The van der Waals surface area contributed by atoms with Gasteiger partial charge in [0.15, 0.2) is 5.78 Å². The van der Waals surface area contributed by atoms with Crippen LogP contribution in [0.2, 0.25) is 0 Å². The lowest BCUT2D eigenvalue weighted by molar-refractivity contribution is -0.145. The standard InChI is InChI=1S/C28H34F2N2O6S/c1-17(2)28(35)15-27(16-28,25(33)13-26(34)31-36)21-12-22(29)20(11-23(21)30)14-32-18(3)9-10-24(39(32,37)38)19-7-5-4-6-8-19/h4-8,11-12,18,24,35-38H,1,9-10,13-16H2,2-3H3,(H,31,34)/t18-,24+,27?,28?/m0/s1. The Bertz CT molecular complexity index is 1280. The van der Waals surface area contributed by atoms with Crippen LogP contribution in [0.15, 0.2) is 54.6 Å². The summed E-state index contributed by atoms with van der Waals surface area (Å²) in [4.78, 5) is 24.8. The van der Waals surface area contributed by atoms with Gasteiger partial charge in [0.2, 0.25) is 0 Å². The number of benzene rings is 2. The molecule has 2 aliphatic rings. The second-order valence-corrected chi connectivity index (χ2v) is 12.9. The Kier molecular flexibility index (Phi) is 8.06. The van der Waals surface area contributed by atoms with E-state index in [4.69, 9.17) is 5.21 Å². The Labute approximate surface area is 227 Å². The summed E-state index contributed by atoms with van der Waals surface area (Å²) < 4.78 is 55.2. The van der Waals surface area contributed by atoms with Crippen molar-refractivity contribution in [2.75, 3.05) is 0 Å². The molecule has 2 fully saturated rings. The van der Waals surface area contributed by atoms with Gasteiger partial charge in [0, 0.05) is 23.7 Å². The summed E-state index contributed by atoms with van der Waals surface area (Å²) in [6.07, 6.45) is -0.256. The molecule has 212 valence electrons. The Morgan fingerprint density at radius 2 is 1.77 bits per heavy atom. The third kappa shape index (κ3) is 5.27. The quantitative estimate of drug-likeness (QED) is 0.130. The predicted octanol–water partition coefficient (Wildman–Crippen LogP) is 5.16. The third-order valence-electron chi connectivity index (χ3n) is 8.18. The first-order valence-corrected chi connectivity index (χ1v) is 14.2. The molecule has 0 bridgehead atoms. The maximum Gasteiger partial charge on any atom is 0.250 e. The lowest BCUT2D eigenvalue weighted by atomic mass is 9.52. The van der Waals surface area contributed by atoms with Crippen LogP contribution in [0.5, 0.6) is 0 Å². The summed E-state index contributed by atoms with van der Waals surface area (Å²) in [5.41, 5.74) is -1.19. The molecule has 1 saturated carbocycles. The van der Waals surface area contributed by atoms with E-state index in [1.54, 1.807) is 38.1 Å². The van der Waals surface area contributed by atoms with Gasteiger partial charge in [0.05, 0.1) is 22.7 Å². The van der Waals surface area contributed by atoms with E-state index < -0.39 is 56.8 Å². The minimum absolute atomic E-state index is 0.123. The molecule has 0 radical (unpaired) electrons. The first kappa shape index (κ1) is 29.3. The number of hydroxylamine groups is 1. The van der Waals surface area contributed by atoms with Gasteiger partial charge in [-0.15, -0.1) is 10.8 Å². The SMILES string of the molecule is C=C(C)C1(O)CC(C(=O)CC(=O)NO)(c2cc(F)c(CN3[C@@H](C)CC[C@H](c4ccccc4)S3(O)O)cc2F)C1. The summed E-state index contributed by atoms with van der Waals surface area (Å²) in [6.45, 7) is 6.78. The number of nitrogens with zero attached hydrogens (tertiary/aromatic N) is 1. The van der Waals surface area contributed by atoms with Crippen LogP contribution in [-0.2, 0) is 21.5 Å². The second-order valence-electron chi connectivity index (χ2n) is 10.8. The Morgan fingerprint density at radius 3 is 2.36 bits per heavy atom. The highest BCUT2D eigenvalue weighted by molar-refractivity contribution is 8.22. The number of carbonyl (C=O) groups excluding carboxylic acids is 2. The van der Waals surface area contributed by atoms with E-state index in [0.29, 0.717) is 18.4 Å². The molecule has 2 atom stereocenters. The number of nitrogens with one attached hydrogen (secondary N) is 1. The van der Waals surface area contributed by atoms with E-state index in [1.807, 2.05) is 6.07 Å². The van der Waals surface area contributed by atoms with Crippen LogP contribution in [0.3, 0.4) is 0 Å². The summed E-state index contributed by atoms with van der Waals surface area (Å²) in [7, 11) is -3.40. The topological polar surface area (TPSA) is 130 Å². The average Bonchev–Trinajstić information content (AvgIpc) is 2.86. The lowest BCUT2D eigenvalue weighted by Crippen LogP contribution is -2.60. The first-order valence-electron chi connectivity index (χ1n) is 12.7. The second kappa shape index (κ2) is 10.7. The van der Waals surface area contributed by atoms with E-state index in [-0.39, 0.29) is 36.6 Å². The molecule has 1 aliphatic carbocycles. The van der Waals surface area contributed by atoms with Gasteiger partial charge in [-0.1, -0.05) is 36.9 Å². The molecule has 2 aromatic rings. The minimum Gasteiger partial charge on any atom is -0.385 e. The van der Waals surface area contributed by atoms with Crippen molar-refractivity contribution in [3.8, 4) is 0 Å². The van der Waals surface area contributed by atoms with Gasteiger partial charge in [0.25, 0.3) is 5.91 Å². The molecule has 39 heavy (non-hydrogen) atoms. The van der Waals surface area contributed by atoms with Gasteiger partial charge in [0.1, 0.15) is 11.6 Å². The molecule has 8 nitrogen and oxygen atoms in total. The summed E-state index contributed by atoms with van der Waals surface area (Å²) in [5, 5.41) is 19.1. The van der Waals surface area contributed by atoms with Crippen molar-refractivity contribution < 1.29 is 37.8 Å². The number of amides is 1. The molecular weight excluding hydrogens is 530 g/mol. The zero-order valence-corrected chi connectivity index (χ0v) is 22.7. The monoisotopic (exact) mass is 564 g/mol. The van der Waals surface area contributed by atoms with Gasteiger partial charge in [-0.2, -0.15) is 4.31 Å². The highest BCUT2D eigenvalue weighted by Gasteiger charge is 2.60. The highest BCUT2D eigenvalue weighted by Crippen LogP contribution is 2.63. The normalized spacial score (nSPS) is 29.2. The minimum atomic E-state index is -3.40. The van der Waals surface area contributed by atoms with Gasteiger partial charge in [-0.3, -0.25) is 23.9 Å². The molecule has 11 heteroatoms. The van der Waals surface area contributed by atoms with Crippen LogP contribution in [0, 0.1) is 11.6 Å². The van der Waals surface area contributed by atoms with E-state index in [1.165, 1.54) is 9.79 Å². The van der Waals surface area contributed by atoms with Gasteiger partial charge in [-0.05, 0) is 62.8 Å². The third-order valence-corrected chi connectivity index (χ3v) is 10.6. The maximum absolute atomic E-state index is 15.7. The van der Waals surface area contributed by atoms with Crippen molar-refractivity contribution >= 4 is 22.5 Å². The molecular formula is C28H34F2N2O6S. The zero-order valence-electron chi connectivity index (χ0n) is 21.9. The fourth-order valence-corrected chi connectivity index (χ4v) is 8.04. The molecule has 4 rings (SSSR count). The van der Waals surface area contributed by atoms with Crippen molar-refractivity contribution in [2.45, 2.75) is 74.8 Å². The number of hydrogen-bond acceptors (Lipinski definition) is 7. The molecule has 1 heterocycles. The molecule has 1 saturated heterocycles.